The van der Waals surface area contributed by atoms with Crippen LogP contribution in [0.4, 0.5) is 5.69 Å². The second-order valence-electron chi connectivity index (χ2n) is 7.47. The lowest BCUT2D eigenvalue weighted by Gasteiger charge is -2.27. The summed E-state index contributed by atoms with van der Waals surface area (Å²) in [6.45, 7) is 9.26. The molecule has 0 unspecified atom stereocenters. The van der Waals surface area contributed by atoms with E-state index in [4.69, 9.17) is 9.47 Å². The third-order valence-corrected chi connectivity index (χ3v) is 4.84. The van der Waals surface area contributed by atoms with Crippen molar-refractivity contribution in [1.82, 2.24) is 10.2 Å². The van der Waals surface area contributed by atoms with E-state index in [0.29, 0.717) is 25.2 Å². The Labute approximate surface area is 180 Å². The molecule has 0 radical (unpaired) electrons. The van der Waals surface area contributed by atoms with E-state index in [0.717, 1.165) is 36.1 Å². The normalized spacial score (nSPS) is 20.1. The lowest BCUT2D eigenvalue weighted by molar-refractivity contribution is 0.227. The van der Waals surface area contributed by atoms with E-state index in [1.165, 1.54) is 25.9 Å². The summed E-state index contributed by atoms with van der Waals surface area (Å²) in [5, 5.41) is 6.84. The quantitative estimate of drug-likeness (QED) is 0.377. The van der Waals surface area contributed by atoms with Crippen molar-refractivity contribution < 1.29 is 9.47 Å². The Bertz CT molecular complexity index is 624. The number of guanidine groups is 1. The van der Waals surface area contributed by atoms with Crippen LogP contribution in [0, 0.1) is 5.92 Å². The lowest BCUT2D eigenvalue weighted by Crippen LogP contribution is -2.43. The van der Waals surface area contributed by atoms with E-state index < -0.39 is 0 Å². The first-order valence-electron chi connectivity index (χ1n) is 9.77. The fraction of sp³-hybridized carbons (Fsp3) is 0.650. The molecule has 0 amide bonds. The van der Waals surface area contributed by atoms with E-state index in [1.54, 1.807) is 7.05 Å². The van der Waals surface area contributed by atoms with Crippen molar-refractivity contribution in [2.45, 2.75) is 39.2 Å². The first kappa shape index (κ1) is 22.1. The first-order valence-corrected chi connectivity index (χ1v) is 9.77. The molecule has 2 heterocycles. The second kappa shape index (κ2) is 10.9. The Hall–Kier alpha value is -1.22. The molecule has 2 aliphatic heterocycles. The van der Waals surface area contributed by atoms with Crippen molar-refractivity contribution in [1.29, 1.82) is 0 Å². The molecule has 0 bridgehead atoms. The molecule has 1 atom stereocenters. The molecule has 3 rings (SSSR count). The number of fused-ring (bicyclic) bond motifs is 1. The maximum atomic E-state index is 5.76. The van der Waals surface area contributed by atoms with E-state index in [2.05, 4.69) is 34.4 Å². The van der Waals surface area contributed by atoms with Gasteiger partial charge in [0.05, 0.1) is 13.2 Å². The fourth-order valence-corrected chi connectivity index (χ4v) is 3.61. The summed E-state index contributed by atoms with van der Waals surface area (Å²) in [7, 11) is 1.80. The molecule has 1 saturated heterocycles. The van der Waals surface area contributed by atoms with E-state index in [9.17, 15) is 0 Å². The SMILES string of the molecule is CN=C(NC[C@H]1CCCN1CC(C)C)Nc1ccc2c(c1)OCCCO2.I. The minimum atomic E-state index is 0. The molecule has 0 saturated carbocycles. The topological polar surface area (TPSA) is 58.1 Å². The van der Waals surface area contributed by atoms with Gasteiger partial charge in [0.2, 0.25) is 0 Å². The Morgan fingerprint density at radius 2 is 2.00 bits per heavy atom. The molecule has 1 fully saturated rings. The van der Waals surface area contributed by atoms with Crippen molar-refractivity contribution >= 4 is 35.6 Å². The number of hydrogen-bond donors (Lipinski definition) is 2. The monoisotopic (exact) mass is 488 g/mol. The lowest BCUT2D eigenvalue weighted by atomic mass is 10.1. The molecule has 1 aromatic rings. The number of halogens is 1. The summed E-state index contributed by atoms with van der Waals surface area (Å²) in [6.07, 6.45) is 3.45. The molecule has 2 aliphatic rings. The number of hydrogen-bond acceptors (Lipinski definition) is 4. The molecule has 0 aromatic heterocycles. The van der Waals surface area contributed by atoms with Crippen LogP contribution in [0.25, 0.3) is 0 Å². The van der Waals surface area contributed by atoms with Gasteiger partial charge in [-0.1, -0.05) is 13.8 Å². The highest BCUT2D eigenvalue weighted by atomic mass is 127. The third-order valence-electron chi connectivity index (χ3n) is 4.84. The minimum absolute atomic E-state index is 0. The van der Waals surface area contributed by atoms with Gasteiger partial charge in [-0.2, -0.15) is 0 Å². The maximum absolute atomic E-state index is 5.76. The average molecular weight is 488 g/mol. The van der Waals surface area contributed by atoms with Gasteiger partial charge in [-0.3, -0.25) is 9.89 Å². The van der Waals surface area contributed by atoms with Crippen molar-refractivity contribution in [3.05, 3.63) is 18.2 Å². The van der Waals surface area contributed by atoms with Crippen LogP contribution in [-0.2, 0) is 0 Å². The van der Waals surface area contributed by atoms with Gasteiger partial charge in [0.15, 0.2) is 17.5 Å². The number of nitrogens with one attached hydrogen (secondary N) is 2. The molecule has 2 N–H and O–H groups in total. The largest absolute Gasteiger partial charge is 0.490 e. The van der Waals surface area contributed by atoms with Crippen molar-refractivity contribution in [3.8, 4) is 11.5 Å². The van der Waals surface area contributed by atoms with Crippen LogP contribution in [0.5, 0.6) is 11.5 Å². The summed E-state index contributed by atoms with van der Waals surface area (Å²) in [4.78, 5) is 6.96. The van der Waals surface area contributed by atoms with Crippen LogP contribution in [0.2, 0.25) is 0 Å². The predicted octanol–water partition coefficient (Wildman–Crippen LogP) is 3.57. The van der Waals surface area contributed by atoms with Gasteiger partial charge in [0.1, 0.15) is 0 Å². The number of likely N-dealkylation sites (tertiary alicyclic amines) is 1. The number of aliphatic imine (C=N–C) groups is 1. The Morgan fingerprint density at radius 3 is 2.74 bits per heavy atom. The molecule has 0 aliphatic carbocycles. The summed E-state index contributed by atoms with van der Waals surface area (Å²) >= 11 is 0. The van der Waals surface area contributed by atoms with E-state index in [1.807, 2.05) is 18.2 Å². The summed E-state index contributed by atoms with van der Waals surface area (Å²) in [5.74, 6) is 3.10. The zero-order valence-corrected chi connectivity index (χ0v) is 19.0. The Kier molecular flexibility index (Phi) is 8.95. The predicted molar refractivity (Wildman–Crippen MR) is 122 cm³/mol. The first-order chi connectivity index (χ1) is 12.7. The van der Waals surface area contributed by atoms with Crippen molar-refractivity contribution in [2.75, 3.05) is 45.2 Å². The zero-order chi connectivity index (χ0) is 18.4. The number of rotatable bonds is 5. The van der Waals surface area contributed by atoms with Gasteiger partial charge in [0, 0.05) is 44.4 Å². The molecule has 152 valence electrons. The highest BCUT2D eigenvalue weighted by molar-refractivity contribution is 14.0. The molecule has 0 spiro atoms. The second-order valence-corrected chi connectivity index (χ2v) is 7.47. The third kappa shape index (κ3) is 6.41. The fourth-order valence-electron chi connectivity index (χ4n) is 3.61. The van der Waals surface area contributed by atoms with E-state index >= 15 is 0 Å². The van der Waals surface area contributed by atoms with Gasteiger partial charge in [0.25, 0.3) is 0 Å². The van der Waals surface area contributed by atoms with Gasteiger partial charge < -0.3 is 20.1 Å². The number of ether oxygens (including phenoxy) is 2. The van der Waals surface area contributed by atoms with Crippen LogP contribution >= 0.6 is 24.0 Å². The van der Waals surface area contributed by atoms with Gasteiger partial charge in [-0.25, -0.2) is 0 Å². The maximum Gasteiger partial charge on any atom is 0.195 e. The standard InChI is InChI=1S/C20H32N4O2.HI/c1-15(2)14-24-9-4-6-17(24)13-22-20(21-3)23-16-7-8-18-19(12-16)26-11-5-10-25-18;/h7-8,12,15,17H,4-6,9-11,13-14H2,1-3H3,(H2,21,22,23);1H/t17-;/m1./s1. The van der Waals surface area contributed by atoms with Crippen molar-refractivity contribution in [3.63, 3.8) is 0 Å². The van der Waals surface area contributed by atoms with Gasteiger partial charge in [-0.15, -0.1) is 24.0 Å². The van der Waals surface area contributed by atoms with E-state index in [-0.39, 0.29) is 24.0 Å². The van der Waals surface area contributed by atoms with Crippen LogP contribution in [-0.4, -0.2) is 56.8 Å². The van der Waals surface area contributed by atoms with Crippen LogP contribution in [0.15, 0.2) is 23.2 Å². The molecular weight excluding hydrogens is 455 g/mol. The summed E-state index contributed by atoms with van der Waals surface area (Å²) in [5.41, 5.74) is 0.952. The number of benzene rings is 1. The summed E-state index contributed by atoms with van der Waals surface area (Å²) in [6, 6.07) is 6.52. The van der Waals surface area contributed by atoms with Gasteiger partial charge >= 0.3 is 0 Å². The van der Waals surface area contributed by atoms with Crippen LogP contribution in [0.1, 0.15) is 33.1 Å². The van der Waals surface area contributed by atoms with Gasteiger partial charge in [-0.05, 0) is 37.4 Å². The highest BCUT2D eigenvalue weighted by Gasteiger charge is 2.24. The average Bonchev–Trinajstić information content (AvgIpc) is 2.92. The zero-order valence-electron chi connectivity index (χ0n) is 16.7. The van der Waals surface area contributed by atoms with Crippen molar-refractivity contribution in [2.24, 2.45) is 10.9 Å². The molecular formula is C20H33IN4O2. The Balaban J connectivity index is 0.00000261. The molecule has 27 heavy (non-hydrogen) atoms. The summed E-state index contributed by atoms with van der Waals surface area (Å²) < 4.78 is 11.5. The minimum Gasteiger partial charge on any atom is -0.490 e. The Morgan fingerprint density at radius 1 is 1.22 bits per heavy atom. The molecule has 1 aromatic carbocycles. The van der Waals surface area contributed by atoms with Crippen LogP contribution in [0.3, 0.4) is 0 Å². The smallest absolute Gasteiger partial charge is 0.195 e. The van der Waals surface area contributed by atoms with Crippen LogP contribution < -0.4 is 20.1 Å². The number of nitrogens with zero attached hydrogens (tertiary/aromatic N) is 2. The highest BCUT2D eigenvalue weighted by Crippen LogP contribution is 2.32. The number of anilines is 1. The molecule has 7 heteroatoms. The molecule has 6 nitrogen and oxygen atoms in total.